The van der Waals surface area contributed by atoms with Gasteiger partial charge < -0.3 is 10.2 Å². The summed E-state index contributed by atoms with van der Waals surface area (Å²) in [5.74, 6) is 0. The number of allylic oxidation sites excluding steroid dienone is 6. The summed E-state index contributed by atoms with van der Waals surface area (Å²) >= 11 is 0. The number of para-hydroxylation sites is 1. The molecule has 0 aromatic heterocycles. The largest absolute Gasteiger partial charge is 0.356 e. The second-order valence-electron chi connectivity index (χ2n) is 7.20. The van der Waals surface area contributed by atoms with Crippen LogP contribution in [0.15, 0.2) is 140 Å². The van der Waals surface area contributed by atoms with Crippen LogP contribution in [0.25, 0.3) is 11.1 Å². The molecule has 0 radical (unpaired) electrons. The number of rotatable bonds is 9. The Labute approximate surface area is 192 Å². The normalized spacial score (nSPS) is 11.9. The van der Waals surface area contributed by atoms with E-state index in [-0.39, 0.29) is 0 Å². The molecule has 0 amide bonds. The molecular formula is C30H30N2. The summed E-state index contributed by atoms with van der Waals surface area (Å²) in [6, 6.07) is 27.3. The average molecular weight is 419 g/mol. The zero-order valence-corrected chi connectivity index (χ0v) is 18.8. The number of hydrogen-bond acceptors (Lipinski definition) is 2. The Hall–Kier alpha value is -4.04. The molecule has 2 heteroatoms. The molecule has 160 valence electrons. The first-order valence-electron chi connectivity index (χ1n) is 10.8. The molecule has 0 aliphatic heterocycles. The van der Waals surface area contributed by atoms with Gasteiger partial charge in [-0.05, 0) is 79.6 Å². The van der Waals surface area contributed by atoms with E-state index in [1.807, 2.05) is 50.3 Å². The lowest BCUT2D eigenvalue weighted by Crippen LogP contribution is -2.19. The second-order valence-corrected chi connectivity index (χ2v) is 7.20. The Kier molecular flexibility index (Phi) is 8.05. The highest BCUT2D eigenvalue weighted by molar-refractivity contribution is 5.72. The van der Waals surface area contributed by atoms with E-state index in [1.165, 1.54) is 11.1 Å². The molecule has 0 heterocycles. The van der Waals surface area contributed by atoms with Crippen LogP contribution in [0.4, 0.5) is 17.1 Å². The summed E-state index contributed by atoms with van der Waals surface area (Å²) in [6.07, 6.45) is 11.8. The highest BCUT2D eigenvalue weighted by Crippen LogP contribution is 2.30. The van der Waals surface area contributed by atoms with E-state index in [2.05, 4.69) is 96.2 Å². The van der Waals surface area contributed by atoms with Gasteiger partial charge in [0.25, 0.3) is 0 Å². The van der Waals surface area contributed by atoms with Crippen molar-refractivity contribution >= 4 is 17.1 Å². The Morgan fingerprint density at radius 3 is 1.88 bits per heavy atom. The second kappa shape index (κ2) is 11.4. The molecule has 0 spiro atoms. The fourth-order valence-corrected chi connectivity index (χ4v) is 3.51. The van der Waals surface area contributed by atoms with Gasteiger partial charge in [-0.3, -0.25) is 0 Å². The maximum atomic E-state index is 3.99. The van der Waals surface area contributed by atoms with Gasteiger partial charge in [-0.25, -0.2) is 0 Å². The molecule has 0 atom stereocenters. The van der Waals surface area contributed by atoms with Crippen LogP contribution in [-0.4, -0.2) is 0 Å². The lowest BCUT2D eigenvalue weighted by Gasteiger charge is -2.27. The van der Waals surface area contributed by atoms with Gasteiger partial charge in [0.15, 0.2) is 0 Å². The Morgan fingerprint density at radius 1 is 0.750 bits per heavy atom. The first-order chi connectivity index (χ1) is 15.7. The van der Waals surface area contributed by atoms with Gasteiger partial charge in [0.2, 0.25) is 0 Å². The molecule has 0 aliphatic carbocycles. The quantitative estimate of drug-likeness (QED) is 0.350. The molecule has 0 fully saturated rings. The monoisotopic (exact) mass is 418 g/mol. The van der Waals surface area contributed by atoms with Crippen molar-refractivity contribution in [3.63, 3.8) is 0 Å². The molecule has 1 N–H and O–H groups in total. The van der Waals surface area contributed by atoms with Crippen LogP contribution >= 0.6 is 0 Å². The topological polar surface area (TPSA) is 15.3 Å². The van der Waals surface area contributed by atoms with Crippen molar-refractivity contribution in [2.24, 2.45) is 0 Å². The van der Waals surface area contributed by atoms with Crippen LogP contribution in [0.1, 0.15) is 13.8 Å². The SMILES string of the molecule is C=C/C=C(\C=C)N(C(/C=C\C)=C/C)c1ccc(-c2ccc(Nc3ccccc3)cc2)cc1. The van der Waals surface area contributed by atoms with E-state index in [4.69, 9.17) is 0 Å². The minimum absolute atomic E-state index is 0.968. The van der Waals surface area contributed by atoms with Gasteiger partial charge in [-0.15, -0.1) is 0 Å². The molecule has 0 aliphatic rings. The molecule has 0 saturated carbocycles. The number of anilines is 3. The third kappa shape index (κ3) is 5.55. The van der Waals surface area contributed by atoms with E-state index in [1.54, 1.807) is 6.08 Å². The molecular weight excluding hydrogens is 388 g/mol. The zero-order valence-electron chi connectivity index (χ0n) is 18.8. The van der Waals surface area contributed by atoms with Crippen LogP contribution in [0, 0.1) is 0 Å². The van der Waals surface area contributed by atoms with E-state index in [0.717, 1.165) is 28.5 Å². The van der Waals surface area contributed by atoms with Crippen molar-refractivity contribution in [1.29, 1.82) is 0 Å². The molecule has 32 heavy (non-hydrogen) atoms. The summed E-state index contributed by atoms with van der Waals surface area (Å²) < 4.78 is 0. The first kappa shape index (κ1) is 22.6. The first-order valence-corrected chi connectivity index (χ1v) is 10.8. The summed E-state index contributed by atoms with van der Waals surface area (Å²) in [7, 11) is 0. The maximum Gasteiger partial charge on any atom is 0.0461 e. The van der Waals surface area contributed by atoms with Gasteiger partial charge in [0, 0.05) is 28.5 Å². The van der Waals surface area contributed by atoms with Crippen molar-refractivity contribution in [3.8, 4) is 11.1 Å². The van der Waals surface area contributed by atoms with Gasteiger partial charge in [-0.1, -0.05) is 73.9 Å². The molecule has 3 rings (SSSR count). The number of nitrogens with one attached hydrogen (secondary N) is 1. The molecule has 0 unspecified atom stereocenters. The van der Waals surface area contributed by atoms with Crippen molar-refractivity contribution in [2.75, 3.05) is 10.2 Å². The number of nitrogens with zero attached hydrogens (tertiary/aromatic N) is 1. The average Bonchev–Trinajstić information content (AvgIpc) is 2.84. The summed E-state index contributed by atoms with van der Waals surface area (Å²) in [4.78, 5) is 2.17. The Bertz CT molecular complexity index is 1120. The van der Waals surface area contributed by atoms with Gasteiger partial charge in [-0.2, -0.15) is 0 Å². The zero-order chi connectivity index (χ0) is 22.8. The van der Waals surface area contributed by atoms with Crippen LogP contribution < -0.4 is 10.2 Å². The van der Waals surface area contributed by atoms with Crippen LogP contribution in [0.2, 0.25) is 0 Å². The van der Waals surface area contributed by atoms with Crippen molar-refractivity contribution in [1.82, 2.24) is 0 Å². The van der Waals surface area contributed by atoms with Gasteiger partial charge in [0.1, 0.15) is 0 Å². The lowest BCUT2D eigenvalue weighted by atomic mass is 10.0. The smallest absolute Gasteiger partial charge is 0.0461 e. The van der Waals surface area contributed by atoms with Crippen molar-refractivity contribution < 1.29 is 0 Å². The minimum Gasteiger partial charge on any atom is -0.356 e. The molecule has 0 bridgehead atoms. The van der Waals surface area contributed by atoms with Crippen LogP contribution in [0.3, 0.4) is 0 Å². The highest BCUT2D eigenvalue weighted by Gasteiger charge is 2.13. The van der Waals surface area contributed by atoms with E-state index < -0.39 is 0 Å². The fraction of sp³-hybridized carbons (Fsp3) is 0.0667. The van der Waals surface area contributed by atoms with E-state index in [0.29, 0.717) is 0 Å². The third-order valence-corrected chi connectivity index (χ3v) is 5.05. The van der Waals surface area contributed by atoms with Crippen LogP contribution in [0.5, 0.6) is 0 Å². The highest BCUT2D eigenvalue weighted by atomic mass is 15.1. The summed E-state index contributed by atoms with van der Waals surface area (Å²) in [5, 5.41) is 3.43. The predicted octanol–water partition coefficient (Wildman–Crippen LogP) is 8.64. The minimum atomic E-state index is 0.968. The van der Waals surface area contributed by atoms with Gasteiger partial charge >= 0.3 is 0 Å². The van der Waals surface area contributed by atoms with Crippen LogP contribution in [-0.2, 0) is 0 Å². The molecule has 2 nitrogen and oxygen atoms in total. The molecule has 0 saturated heterocycles. The number of hydrogen-bond donors (Lipinski definition) is 1. The fourth-order valence-electron chi connectivity index (χ4n) is 3.51. The van der Waals surface area contributed by atoms with Gasteiger partial charge in [0.05, 0.1) is 0 Å². The third-order valence-electron chi connectivity index (χ3n) is 5.05. The Morgan fingerprint density at radius 2 is 1.34 bits per heavy atom. The van der Waals surface area contributed by atoms with E-state index in [9.17, 15) is 0 Å². The molecule has 3 aromatic rings. The summed E-state index contributed by atoms with van der Waals surface area (Å²) in [6.45, 7) is 11.9. The Balaban J connectivity index is 1.87. The standard InChI is InChI=1S/C30H30N2/c1-5-12-28(7-3)32(29(8-4)13-6-2)30-22-18-25(19-23-30)24-16-20-27(21-17-24)31-26-14-10-9-11-15-26/h5-23,31H,1,3H2,2,4H3/b13-6-,28-12+,29-8+. The van der Waals surface area contributed by atoms with Crippen molar-refractivity contribution in [3.05, 3.63) is 140 Å². The number of benzene rings is 3. The molecule has 3 aromatic carbocycles. The predicted molar refractivity (Wildman–Crippen MR) is 141 cm³/mol. The maximum absolute atomic E-state index is 3.99. The summed E-state index contributed by atoms with van der Waals surface area (Å²) in [5.41, 5.74) is 7.59. The lowest BCUT2D eigenvalue weighted by molar-refractivity contribution is 1.13. The van der Waals surface area contributed by atoms with Crippen molar-refractivity contribution in [2.45, 2.75) is 13.8 Å². The van der Waals surface area contributed by atoms with E-state index >= 15 is 0 Å².